The van der Waals surface area contributed by atoms with Gasteiger partial charge in [0.15, 0.2) is 0 Å². The summed E-state index contributed by atoms with van der Waals surface area (Å²) in [6.07, 6.45) is 2.67. The number of nitrogens with one attached hydrogen (secondary N) is 2. The number of rotatable bonds is 9. The number of carbonyl (C=O) groups is 1. The SMILES string of the molecule is CCOc1cc2c(cc1CNC(=O)CN[C@@H](c1ccccc1)c1ccco1)O[C@@H](C)C2. The molecule has 1 aliphatic rings. The molecule has 1 aromatic heterocycles. The van der Waals surface area contributed by atoms with Gasteiger partial charge in [-0.15, -0.1) is 0 Å². The van der Waals surface area contributed by atoms with E-state index >= 15 is 0 Å². The van der Waals surface area contributed by atoms with Gasteiger partial charge in [-0.3, -0.25) is 10.1 Å². The summed E-state index contributed by atoms with van der Waals surface area (Å²) in [5.74, 6) is 2.33. The van der Waals surface area contributed by atoms with Crippen molar-refractivity contribution in [3.63, 3.8) is 0 Å². The van der Waals surface area contributed by atoms with Crippen molar-refractivity contribution in [3.05, 3.63) is 83.3 Å². The fraction of sp³-hybridized carbons (Fsp3) is 0.320. The van der Waals surface area contributed by atoms with E-state index in [1.165, 1.54) is 0 Å². The van der Waals surface area contributed by atoms with E-state index in [-0.39, 0.29) is 24.6 Å². The summed E-state index contributed by atoms with van der Waals surface area (Å²) in [5.41, 5.74) is 3.10. The number of amides is 1. The van der Waals surface area contributed by atoms with Gasteiger partial charge in [-0.05, 0) is 43.7 Å². The first-order valence-electron chi connectivity index (χ1n) is 10.7. The first kappa shape index (κ1) is 21.0. The number of benzene rings is 2. The summed E-state index contributed by atoms with van der Waals surface area (Å²) in [6, 6.07) is 17.5. The molecule has 2 atom stereocenters. The molecule has 2 N–H and O–H groups in total. The lowest BCUT2D eigenvalue weighted by Crippen LogP contribution is -2.35. The highest BCUT2D eigenvalue weighted by molar-refractivity contribution is 5.78. The lowest BCUT2D eigenvalue weighted by atomic mass is 10.0. The summed E-state index contributed by atoms with van der Waals surface area (Å²) in [7, 11) is 0. The number of carbonyl (C=O) groups excluding carboxylic acids is 1. The van der Waals surface area contributed by atoms with Crippen molar-refractivity contribution < 1.29 is 18.7 Å². The Kier molecular flexibility index (Phi) is 6.57. The van der Waals surface area contributed by atoms with E-state index in [0.29, 0.717) is 13.2 Å². The molecule has 0 saturated carbocycles. The van der Waals surface area contributed by atoms with Crippen LogP contribution >= 0.6 is 0 Å². The Labute approximate surface area is 182 Å². The molecule has 0 saturated heterocycles. The lowest BCUT2D eigenvalue weighted by Gasteiger charge is -2.17. The van der Waals surface area contributed by atoms with Gasteiger partial charge in [-0.25, -0.2) is 0 Å². The Bertz CT molecular complexity index is 1000. The van der Waals surface area contributed by atoms with Crippen molar-refractivity contribution in [1.82, 2.24) is 10.6 Å². The average Bonchev–Trinajstić information content (AvgIpc) is 3.42. The van der Waals surface area contributed by atoms with Crippen molar-refractivity contribution in [3.8, 4) is 11.5 Å². The zero-order valence-corrected chi connectivity index (χ0v) is 17.9. The Morgan fingerprint density at radius 2 is 2.03 bits per heavy atom. The Morgan fingerprint density at radius 3 is 2.77 bits per heavy atom. The highest BCUT2D eigenvalue weighted by atomic mass is 16.5. The summed E-state index contributed by atoms with van der Waals surface area (Å²) in [4.78, 5) is 12.6. The monoisotopic (exact) mass is 420 g/mol. The van der Waals surface area contributed by atoms with Crippen LogP contribution in [0.25, 0.3) is 0 Å². The van der Waals surface area contributed by atoms with Gasteiger partial charge in [-0.1, -0.05) is 30.3 Å². The fourth-order valence-corrected chi connectivity index (χ4v) is 3.84. The molecule has 1 aliphatic heterocycles. The molecule has 4 rings (SSSR count). The number of ether oxygens (including phenoxy) is 2. The highest BCUT2D eigenvalue weighted by Gasteiger charge is 2.22. The maximum Gasteiger partial charge on any atom is 0.234 e. The molecule has 1 amide bonds. The van der Waals surface area contributed by atoms with Crippen LogP contribution in [0.1, 0.15) is 42.3 Å². The van der Waals surface area contributed by atoms with Gasteiger partial charge < -0.3 is 19.2 Å². The molecule has 2 aromatic carbocycles. The number of hydrogen-bond donors (Lipinski definition) is 2. The van der Waals surface area contributed by atoms with Crippen LogP contribution in [-0.4, -0.2) is 25.2 Å². The minimum absolute atomic E-state index is 0.107. The van der Waals surface area contributed by atoms with E-state index in [4.69, 9.17) is 13.9 Å². The van der Waals surface area contributed by atoms with Crippen molar-refractivity contribution in [1.29, 1.82) is 0 Å². The third-order valence-corrected chi connectivity index (χ3v) is 5.28. The van der Waals surface area contributed by atoms with E-state index in [0.717, 1.165) is 40.4 Å². The van der Waals surface area contributed by atoms with E-state index in [9.17, 15) is 4.79 Å². The first-order chi connectivity index (χ1) is 15.1. The van der Waals surface area contributed by atoms with E-state index in [2.05, 4.69) is 17.6 Å². The van der Waals surface area contributed by atoms with Gasteiger partial charge in [0.25, 0.3) is 0 Å². The van der Waals surface area contributed by atoms with Crippen LogP contribution in [0.3, 0.4) is 0 Å². The van der Waals surface area contributed by atoms with E-state index < -0.39 is 0 Å². The van der Waals surface area contributed by atoms with E-state index in [1.54, 1.807) is 6.26 Å². The maximum absolute atomic E-state index is 12.6. The molecule has 31 heavy (non-hydrogen) atoms. The van der Waals surface area contributed by atoms with E-state index in [1.807, 2.05) is 61.5 Å². The molecule has 0 fully saturated rings. The maximum atomic E-state index is 12.6. The molecule has 0 unspecified atom stereocenters. The molecule has 6 heteroatoms. The minimum Gasteiger partial charge on any atom is -0.494 e. The third-order valence-electron chi connectivity index (χ3n) is 5.28. The van der Waals surface area contributed by atoms with Crippen molar-refractivity contribution >= 4 is 5.91 Å². The van der Waals surface area contributed by atoms with Gasteiger partial charge in [0.2, 0.25) is 5.91 Å². The second-order valence-electron chi connectivity index (χ2n) is 7.65. The fourth-order valence-electron chi connectivity index (χ4n) is 3.84. The van der Waals surface area contributed by atoms with Crippen LogP contribution in [0.5, 0.6) is 11.5 Å². The van der Waals surface area contributed by atoms with Crippen molar-refractivity contribution in [2.24, 2.45) is 0 Å². The van der Waals surface area contributed by atoms with Crippen LogP contribution in [0.4, 0.5) is 0 Å². The van der Waals surface area contributed by atoms with Crippen LogP contribution in [-0.2, 0) is 17.8 Å². The summed E-state index contributed by atoms with van der Waals surface area (Å²) in [6.45, 7) is 5.10. The molecule has 162 valence electrons. The Hall–Kier alpha value is -3.25. The number of hydrogen-bond acceptors (Lipinski definition) is 5. The molecule has 6 nitrogen and oxygen atoms in total. The standard InChI is InChI=1S/C25H28N2O4/c1-3-29-22-13-19-12-17(2)31-23(19)14-20(22)15-26-24(28)16-27-25(21-10-7-11-30-21)18-8-5-4-6-9-18/h4-11,13-14,17,25,27H,3,12,15-16H2,1-2H3,(H,26,28)/t17-,25-/m0/s1. The smallest absolute Gasteiger partial charge is 0.234 e. The second-order valence-corrected chi connectivity index (χ2v) is 7.65. The van der Waals surface area contributed by atoms with Crippen molar-refractivity contribution in [2.75, 3.05) is 13.2 Å². The van der Waals surface area contributed by atoms with Gasteiger partial charge in [-0.2, -0.15) is 0 Å². The molecule has 0 aliphatic carbocycles. The second kappa shape index (κ2) is 9.71. The van der Waals surface area contributed by atoms with Gasteiger partial charge in [0.05, 0.1) is 25.5 Å². The topological polar surface area (TPSA) is 72.7 Å². The minimum atomic E-state index is -0.198. The van der Waals surface area contributed by atoms with Crippen LogP contribution in [0, 0.1) is 0 Å². The molecular formula is C25H28N2O4. The Balaban J connectivity index is 1.39. The molecule has 2 heterocycles. The van der Waals surface area contributed by atoms with Gasteiger partial charge >= 0.3 is 0 Å². The quantitative estimate of drug-likeness (QED) is 0.548. The van der Waals surface area contributed by atoms with Crippen LogP contribution < -0.4 is 20.1 Å². The van der Waals surface area contributed by atoms with Crippen LogP contribution in [0.2, 0.25) is 0 Å². The van der Waals surface area contributed by atoms with Gasteiger partial charge in [0.1, 0.15) is 23.4 Å². The zero-order chi connectivity index (χ0) is 21.6. The number of furan rings is 1. The predicted molar refractivity (Wildman–Crippen MR) is 118 cm³/mol. The Morgan fingerprint density at radius 1 is 1.19 bits per heavy atom. The zero-order valence-electron chi connectivity index (χ0n) is 17.9. The summed E-state index contributed by atoms with van der Waals surface area (Å²) < 4.78 is 17.2. The summed E-state index contributed by atoms with van der Waals surface area (Å²) >= 11 is 0. The van der Waals surface area contributed by atoms with Crippen LogP contribution in [0.15, 0.2) is 65.3 Å². The molecular weight excluding hydrogens is 392 g/mol. The molecule has 0 bridgehead atoms. The predicted octanol–water partition coefficient (Wildman–Crippen LogP) is 4.00. The average molecular weight is 421 g/mol. The highest BCUT2D eigenvalue weighted by Crippen LogP contribution is 2.35. The number of fused-ring (bicyclic) bond motifs is 1. The third kappa shape index (κ3) is 5.09. The summed E-state index contributed by atoms with van der Waals surface area (Å²) in [5, 5.41) is 6.28. The molecule has 0 spiro atoms. The largest absolute Gasteiger partial charge is 0.494 e. The molecule has 0 radical (unpaired) electrons. The molecule has 3 aromatic rings. The van der Waals surface area contributed by atoms with Crippen molar-refractivity contribution in [2.45, 2.75) is 39.0 Å². The normalized spacial score (nSPS) is 15.7. The van der Waals surface area contributed by atoms with Gasteiger partial charge in [0, 0.05) is 24.1 Å². The first-order valence-corrected chi connectivity index (χ1v) is 10.7. The lowest BCUT2D eigenvalue weighted by molar-refractivity contribution is -0.120.